The molecule has 0 spiro atoms. The van der Waals surface area contributed by atoms with Gasteiger partial charge in [0.1, 0.15) is 5.75 Å². The predicted molar refractivity (Wildman–Crippen MR) is 152 cm³/mol. The van der Waals surface area contributed by atoms with Crippen molar-refractivity contribution in [2.24, 2.45) is 0 Å². The summed E-state index contributed by atoms with van der Waals surface area (Å²) in [6.07, 6.45) is 15.8. The molecule has 1 saturated heterocycles. The molecule has 0 saturated carbocycles. The Morgan fingerprint density at radius 2 is 1.56 bits per heavy atom. The van der Waals surface area contributed by atoms with Crippen molar-refractivity contribution in [3.05, 3.63) is 29.0 Å². The van der Waals surface area contributed by atoms with Crippen LogP contribution in [0, 0.1) is 6.92 Å². The van der Waals surface area contributed by atoms with E-state index >= 15 is 0 Å². The third-order valence-corrected chi connectivity index (χ3v) is 8.05. The van der Waals surface area contributed by atoms with Gasteiger partial charge in [-0.1, -0.05) is 71.6 Å². The Kier molecular flexibility index (Phi) is 11.6. The van der Waals surface area contributed by atoms with Crippen molar-refractivity contribution < 1.29 is 9.90 Å². The molecule has 1 aliphatic rings. The SMILES string of the molecule is CCCCCCCCN(C)C(=O)c1c(C)n(CCCCCC)c2ccc(O)c(CN3CCCCC3)c12. The number of aromatic hydroxyl groups is 1. The van der Waals surface area contributed by atoms with Gasteiger partial charge < -0.3 is 14.6 Å². The van der Waals surface area contributed by atoms with Crippen LogP contribution in [0.1, 0.15) is 119 Å². The van der Waals surface area contributed by atoms with Crippen LogP contribution in [0.15, 0.2) is 12.1 Å². The summed E-state index contributed by atoms with van der Waals surface area (Å²) in [6.45, 7) is 11.1. The van der Waals surface area contributed by atoms with Crippen molar-refractivity contribution >= 4 is 16.8 Å². The number of hydrogen-bond donors (Lipinski definition) is 1. The Morgan fingerprint density at radius 1 is 0.917 bits per heavy atom. The van der Waals surface area contributed by atoms with Crippen molar-refractivity contribution in [3.8, 4) is 5.75 Å². The monoisotopic (exact) mass is 497 g/mol. The van der Waals surface area contributed by atoms with Crippen LogP contribution in [-0.2, 0) is 13.1 Å². The maximum absolute atomic E-state index is 13.9. The Morgan fingerprint density at radius 3 is 2.25 bits per heavy atom. The molecule has 0 aliphatic carbocycles. The molecule has 3 rings (SSSR count). The number of piperidine rings is 1. The molecule has 5 nitrogen and oxygen atoms in total. The van der Waals surface area contributed by atoms with E-state index in [0.717, 1.165) is 66.7 Å². The van der Waals surface area contributed by atoms with E-state index in [1.807, 2.05) is 24.1 Å². The van der Waals surface area contributed by atoms with E-state index < -0.39 is 0 Å². The van der Waals surface area contributed by atoms with Gasteiger partial charge in [0.2, 0.25) is 0 Å². The van der Waals surface area contributed by atoms with Gasteiger partial charge in [-0.2, -0.15) is 0 Å². The molecule has 2 heterocycles. The zero-order valence-corrected chi connectivity index (χ0v) is 23.6. The van der Waals surface area contributed by atoms with E-state index in [2.05, 4.69) is 30.2 Å². The van der Waals surface area contributed by atoms with Crippen LogP contribution in [0.5, 0.6) is 5.75 Å². The number of benzene rings is 1. The summed E-state index contributed by atoms with van der Waals surface area (Å²) < 4.78 is 2.34. The van der Waals surface area contributed by atoms with Gasteiger partial charge in [-0.05, 0) is 57.8 Å². The summed E-state index contributed by atoms with van der Waals surface area (Å²) >= 11 is 0. The average molecular weight is 498 g/mol. The van der Waals surface area contributed by atoms with E-state index in [1.165, 1.54) is 70.6 Å². The van der Waals surface area contributed by atoms with Gasteiger partial charge in [0, 0.05) is 48.8 Å². The molecule has 1 N–H and O–H groups in total. The maximum atomic E-state index is 13.9. The number of hydrogen-bond acceptors (Lipinski definition) is 3. The summed E-state index contributed by atoms with van der Waals surface area (Å²) in [5.74, 6) is 0.424. The van der Waals surface area contributed by atoms with E-state index in [0.29, 0.717) is 12.3 Å². The number of amides is 1. The first-order valence-electron chi connectivity index (χ1n) is 14.8. The molecule has 1 aromatic carbocycles. The van der Waals surface area contributed by atoms with Gasteiger partial charge in [0.15, 0.2) is 0 Å². The molecule has 1 fully saturated rings. The van der Waals surface area contributed by atoms with Crippen LogP contribution in [-0.4, -0.2) is 52.1 Å². The van der Waals surface area contributed by atoms with Crippen LogP contribution in [0.2, 0.25) is 0 Å². The van der Waals surface area contributed by atoms with Crippen LogP contribution in [0.3, 0.4) is 0 Å². The molecule has 1 aromatic heterocycles. The molecular formula is C31H51N3O2. The number of nitrogens with zero attached hydrogens (tertiary/aromatic N) is 3. The highest BCUT2D eigenvalue weighted by Crippen LogP contribution is 2.36. The second-order valence-corrected chi connectivity index (χ2v) is 11.0. The number of aryl methyl sites for hydroxylation is 1. The van der Waals surface area contributed by atoms with Crippen LogP contribution in [0.25, 0.3) is 10.9 Å². The van der Waals surface area contributed by atoms with E-state index in [9.17, 15) is 9.90 Å². The van der Waals surface area contributed by atoms with Crippen molar-refractivity contribution in [1.82, 2.24) is 14.4 Å². The Labute approximate surface area is 219 Å². The lowest BCUT2D eigenvalue weighted by molar-refractivity contribution is 0.0793. The summed E-state index contributed by atoms with van der Waals surface area (Å²) in [5, 5.41) is 12.0. The van der Waals surface area contributed by atoms with Crippen molar-refractivity contribution in [3.63, 3.8) is 0 Å². The van der Waals surface area contributed by atoms with E-state index in [1.54, 1.807) is 0 Å². The number of likely N-dealkylation sites (tertiary alicyclic amines) is 1. The Balaban J connectivity index is 1.91. The third-order valence-electron chi connectivity index (χ3n) is 8.05. The molecule has 36 heavy (non-hydrogen) atoms. The number of aromatic nitrogens is 1. The zero-order valence-electron chi connectivity index (χ0n) is 23.6. The standard InChI is InChI=1S/C31H51N3O2/c1-5-7-9-11-12-14-20-32(4)31(36)29-25(3)34(23-17-10-8-6-2)27-18-19-28(35)26(30(27)29)24-33-21-15-13-16-22-33/h18-19,35H,5-17,20-24H2,1-4H3. The molecular weight excluding hydrogens is 446 g/mol. The molecule has 2 aromatic rings. The molecule has 1 amide bonds. The Bertz CT molecular complexity index is 959. The van der Waals surface area contributed by atoms with Gasteiger partial charge in [-0.15, -0.1) is 0 Å². The van der Waals surface area contributed by atoms with Crippen molar-refractivity contribution in [2.45, 2.75) is 117 Å². The first-order chi connectivity index (χ1) is 17.5. The molecule has 0 radical (unpaired) electrons. The highest BCUT2D eigenvalue weighted by molar-refractivity contribution is 6.10. The molecule has 202 valence electrons. The second kappa shape index (κ2) is 14.7. The first kappa shape index (κ1) is 28.6. The minimum absolute atomic E-state index is 0.101. The topological polar surface area (TPSA) is 48.7 Å². The summed E-state index contributed by atoms with van der Waals surface area (Å²) in [7, 11) is 1.95. The first-order valence-corrected chi connectivity index (χ1v) is 14.8. The molecule has 1 aliphatic heterocycles. The summed E-state index contributed by atoms with van der Waals surface area (Å²) in [5.41, 5.74) is 3.88. The number of unbranched alkanes of at least 4 members (excludes halogenated alkanes) is 8. The van der Waals surface area contributed by atoms with Gasteiger partial charge in [-0.3, -0.25) is 9.69 Å². The second-order valence-electron chi connectivity index (χ2n) is 11.0. The molecule has 0 bridgehead atoms. The number of phenols is 1. The van der Waals surface area contributed by atoms with E-state index in [-0.39, 0.29) is 5.91 Å². The van der Waals surface area contributed by atoms with Crippen LogP contribution < -0.4 is 0 Å². The largest absolute Gasteiger partial charge is 0.508 e. The quantitative estimate of drug-likeness (QED) is 0.257. The molecule has 5 heteroatoms. The third kappa shape index (κ3) is 7.27. The number of fused-ring (bicyclic) bond motifs is 1. The van der Waals surface area contributed by atoms with Crippen molar-refractivity contribution in [2.75, 3.05) is 26.7 Å². The smallest absolute Gasteiger partial charge is 0.256 e. The van der Waals surface area contributed by atoms with Crippen LogP contribution in [0.4, 0.5) is 0 Å². The van der Waals surface area contributed by atoms with Gasteiger partial charge >= 0.3 is 0 Å². The van der Waals surface area contributed by atoms with Crippen LogP contribution >= 0.6 is 0 Å². The lowest BCUT2D eigenvalue weighted by Gasteiger charge is -2.27. The fraction of sp³-hybridized carbons (Fsp3) is 0.710. The lowest BCUT2D eigenvalue weighted by Crippen LogP contribution is -2.30. The number of phenolic OH excluding ortho intramolecular Hbond substituents is 1. The van der Waals surface area contributed by atoms with Gasteiger partial charge in [0.25, 0.3) is 5.91 Å². The minimum Gasteiger partial charge on any atom is -0.508 e. The lowest BCUT2D eigenvalue weighted by atomic mass is 10.0. The molecule has 0 unspecified atom stereocenters. The average Bonchev–Trinajstić information content (AvgIpc) is 3.17. The summed E-state index contributed by atoms with van der Waals surface area (Å²) in [6, 6.07) is 3.87. The molecule has 0 atom stereocenters. The number of rotatable bonds is 15. The fourth-order valence-electron chi connectivity index (χ4n) is 5.79. The zero-order chi connectivity index (χ0) is 25.9. The van der Waals surface area contributed by atoms with Gasteiger partial charge in [-0.25, -0.2) is 0 Å². The summed E-state index contributed by atoms with van der Waals surface area (Å²) in [4.78, 5) is 18.3. The normalized spacial score (nSPS) is 14.6. The van der Waals surface area contributed by atoms with Crippen molar-refractivity contribution in [1.29, 1.82) is 0 Å². The maximum Gasteiger partial charge on any atom is 0.256 e. The van der Waals surface area contributed by atoms with E-state index in [4.69, 9.17) is 0 Å². The highest BCUT2D eigenvalue weighted by atomic mass is 16.3. The minimum atomic E-state index is 0.101. The Hall–Kier alpha value is -2.01. The number of carbonyl (C=O) groups is 1. The fourth-order valence-corrected chi connectivity index (χ4v) is 5.79. The number of carbonyl (C=O) groups excluding carboxylic acids is 1. The van der Waals surface area contributed by atoms with Gasteiger partial charge in [0.05, 0.1) is 5.56 Å². The predicted octanol–water partition coefficient (Wildman–Crippen LogP) is 7.65. The highest BCUT2D eigenvalue weighted by Gasteiger charge is 2.27.